The zero-order valence-electron chi connectivity index (χ0n) is 11.8. The monoisotopic (exact) mass is 355 g/mol. The van der Waals surface area contributed by atoms with E-state index in [1.54, 1.807) is 14.2 Å². The molecule has 2 rings (SSSR count). The van der Waals surface area contributed by atoms with Crippen molar-refractivity contribution in [1.29, 1.82) is 0 Å². The second kappa shape index (κ2) is 7.00. The molecule has 21 heavy (non-hydrogen) atoms. The molecule has 2 aromatic carbocycles. The predicted octanol–water partition coefficient (Wildman–Crippen LogP) is 4.24. The molecular formula is C16H16BrF2NO. The van der Waals surface area contributed by atoms with E-state index in [9.17, 15) is 8.78 Å². The van der Waals surface area contributed by atoms with Gasteiger partial charge in [-0.2, -0.15) is 0 Å². The molecule has 5 heteroatoms. The molecule has 1 N–H and O–H groups in total. The third-order valence-electron chi connectivity index (χ3n) is 3.31. The average molecular weight is 356 g/mol. The molecule has 0 radical (unpaired) electrons. The van der Waals surface area contributed by atoms with Gasteiger partial charge in [-0.1, -0.05) is 15.9 Å². The maximum Gasteiger partial charge on any atom is 0.126 e. The van der Waals surface area contributed by atoms with Crippen molar-refractivity contribution in [3.63, 3.8) is 0 Å². The fraction of sp³-hybridized carbons (Fsp3) is 0.250. The van der Waals surface area contributed by atoms with E-state index in [0.717, 1.165) is 21.9 Å². The SMILES string of the molecule is CNC(Cc1cc(OC)ccc1Br)c1cc(F)cc(F)c1. The zero-order valence-corrected chi connectivity index (χ0v) is 13.4. The third-order valence-corrected chi connectivity index (χ3v) is 4.09. The van der Waals surface area contributed by atoms with Crippen LogP contribution in [0.4, 0.5) is 8.78 Å². The maximum atomic E-state index is 13.4. The Balaban J connectivity index is 2.30. The Morgan fingerprint density at radius 3 is 2.38 bits per heavy atom. The van der Waals surface area contributed by atoms with Crippen molar-refractivity contribution < 1.29 is 13.5 Å². The van der Waals surface area contributed by atoms with Crippen LogP contribution in [0.25, 0.3) is 0 Å². The van der Waals surface area contributed by atoms with E-state index in [-0.39, 0.29) is 6.04 Å². The van der Waals surface area contributed by atoms with Crippen molar-refractivity contribution in [3.05, 3.63) is 63.6 Å². The largest absolute Gasteiger partial charge is 0.497 e. The van der Waals surface area contributed by atoms with Gasteiger partial charge in [0.2, 0.25) is 0 Å². The Kier molecular flexibility index (Phi) is 5.31. The minimum atomic E-state index is -0.574. The molecule has 1 unspecified atom stereocenters. The fourth-order valence-electron chi connectivity index (χ4n) is 2.22. The molecule has 0 heterocycles. The Morgan fingerprint density at radius 1 is 1.14 bits per heavy atom. The van der Waals surface area contributed by atoms with E-state index in [1.807, 2.05) is 18.2 Å². The van der Waals surface area contributed by atoms with Crippen molar-refractivity contribution in [3.8, 4) is 5.75 Å². The summed E-state index contributed by atoms with van der Waals surface area (Å²) in [5.74, 6) is -0.404. The molecule has 1 atom stereocenters. The van der Waals surface area contributed by atoms with Gasteiger partial charge in [0.25, 0.3) is 0 Å². The summed E-state index contributed by atoms with van der Waals surface area (Å²) in [4.78, 5) is 0. The lowest BCUT2D eigenvalue weighted by Crippen LogP contribution is -2.19. The highest BCUT2D eigenvalue weighted by Gasteiger charge is 2.14. The van der Waals surface area contributed by atoms with Crippen LogP contribution in [0.5, 0.6) is 5.75 Å². The number of halogens is 3. The highest BCUT2D eigenvalue weighted by Crippen LogP contribution is 2.28. The van der Waals surface area contributed by atoms with Gasteiger partial charge >= 0.3 is 0 Å². The molecule has 0 aliphatic heterocycles. The van der Waals surface area contributed by atoms with E-state index in [1.165, 1.54) is 12.1 Å². The molecular weight excluding hydrogens is 340 g/mol. The summed E-state index contributed by atoms with van der Waals surface area (Å²) in [5, 5.41) is 3.09. The molecule has 0 saturated heterocycles. The first-order chi connectivity index (χ1) is 10.0. The maximum absolute atomic E-state index is 13.4. The Morgan fingerprint density at radius 2 is 1.81 bits per heavy atom. The summed E-state index contributed by atoms with van der Waals surface area (Å²) >= 11 is 3.49. The van der Waals surface area contributed by atoms with Crippen LogP contribution >= 0.6 is 15.9 Å². The molecule has 0 aromatic heterocycles. The van der Waals surface area contributed by atoms with Crippen molar-refractivity contribution in [2.75, 3.05) is 14.2 Å². The van der Waals surface area contributed by atoms with E-state index in [2.05, 4.69) is 21.2 Å². The fourth-order valence-corrected chi connectivity index (χ4v) is 2.63. The van der Waals surface area contributed by atoms with Gasteiger partial charge < -0.3 is 10.1 Å². The van der Waals surface area contributed by atoms with E-state index in [4.69, 9.17) is 4.74 Å². The van der Waals surface area contributed by atoms with Crippen LogP contribution in [0.2, 0.25) is 0 Å². The van der Waals surface area contributed by atoms with E-state index < -0.39 is 11.6 Å². The number of benzene rings is 2. The lowest BCUT2D eigenvalue weighted by atomic mass is 9.98. The predicted molar refractivity (Wildman–Crippen MR) is 82.6 cm³/mol. The van der Waals surface area contributed by atoms with Gasteiger partial charge in [-0.25, -0.2) is 8.78 Å². The topological polar surface area (TPSA) is 21.3 Å². The summed E-state index contributed by atoms with van der Waals surface area (Å²) in [5.41, 5.74) is 1.57. The van der Waals surface area contributed by atoms with Crippen LogP contribution in [0, 0.1) is 11.6 Å². The van der Waals surface area contributed by atoms with Gasteiger partial charge in [-0.3, -0.25) is 0 Å². The highest BCUT2D eigenvalue weighted by atomic mass is 79.9. The third kappa shape index (κ3) is 4.02. The highest BCUT2D eigenvalue weighted by molar-refractivity contribution is 9.10. The summed E-state index contributed by atoms with van der Waals surface area (Å²) in [6.07, 6.45) is 0.581. The molecule has 0 fully saturated rings. The molecule has 2 aromatic rings. The second-order valence-electron chi connectivity index (χ2n) is 4.71. The van der Waals surface area contributed by atoms with Gasteiger partial charge in [0.05, 0.1) is 7.11 Å². The lowest BCUT2D eigenvalue weighted by Gasteiger charge is -2.18. The summed E-state index contributed by atoms with van der Waals surface area (Å²) in [6.45, 7) is 0. The number of hydrogen-bond donors (Lipinski definition) is 1. The zero-order chi connectivity index (χ0) is 15.4. The number of ether oxygens (including phenoxy) is 1. The van der Waals surface area contributed by atoms with E-state index in [0.29, 0.717) is 12.0 Å². The standard InChI is InChI=1S/C16H16BrF2NO/c1-20-16(11-5-12(18)9-13(19)6-11)8-10-7-14(21-2)3-4-15(10)17/h3-7,9,16,20H,8H2,1-2H3. The molecule has 0 spiro atoms. The minimum Gasteiger partial charge on any atom is -0.497 e. The van der Waals surface area contributed by atoms with Gasteiger partial charge in [-0.05, 0) is 54.9 Å². The number of hydrogen-bond acceptors (Lipinski definition) is 2. The second-order valence-corrected chi connectivity index (χ2v) is 5.56. The van der Waals surface area contributed by atoms with Gasteiger partial charge in [-0.15, -0.1) is 0 Å². The van der Waals surface area contributed by atoms with Crippen LogP contribution in [-0.4, -0.2) is 14.2 Å². The van der Waals surface area contributed by atoms with Crippen LogP contribution in [0.1, 0.15) is 17.2 Å². The first-order valence-electron chi connectivity index (χ1n) is 6.49. The summed E-state index contributed by atoms with van der Waals surface area (Å²) < 4.78 is 32.9. The molecule has 112 valence electrons. The number of methoxy groups -OCH3 is 1. The molecule has 0 bridgehead atoms. The number of nitrogens with one attached hydrogen (secondary N) is 1. The Hall–Kier alpha value is -1.46. The Labute approximate surface area is 131 Å². The molecule has 0 aliphatic rings. The molecule has 0 aliphatic carbocycles. The minimum absolute atomic E-state index is 0.196. The van der Waals surface area contributed by atoms with Crippen molar-refractivity contribution in [2.45, 2.75) is 12.5 Å². The van der Waals surface area contributed by atoms with Crippen LogP contribution in [0.3, 0.4) is 0 Å². The normalized spacial score (nSPS) is 12.2. The summed E-state index contributed by atoms with van der Waals surface area (Å²) in [6, 6.07) is 9.02. The Bertz CT molecular complexity index is 613. The van der Waals surface area contributed by atoms with Crippen LogP contribution in [-0.2, 0) is 6.42 Å². The molecule has 2 nitrogen and oxygen atoms in total. The first kappa shape index (κ1) is 15.9. The number of rotatable bonds is 5. The van der Waals surface area contributed by atoms with Crippen LogP contribution in [0.15, 0.2) is 40.9 Å². The van der Waals surface area contributed by atoms with Crippen molar-refractivity contribution >= 4 is 15.9 Å². The smallest absolute Gasteiger partial charge is 0.126 e. The van der Waals surface area contributed by atoms with Gasteiger partial charge in [0.1, 0.15) is 17.4 Å². The van der Waals surface area contributed by atoms with Crippen LogP contribution < -0.4 is 10.1 Å². The first-order valence-corrected chi connectivity index (χ1v) is 7.28. The lowest BCUT2D eigenvalue weighted by molar-refractivity contribution is 0.413. The van der Waals surface area contributed by atoms with Gasteiger partial charge in [0.15, 0.2) is 0 Å². The van der Waals surface area contributed by atoms with Crippen molar-refractivity contribution in [1.82, 2.24) is 5.32 Å². The van der Waals surface area contributed by atoms with Crippen molar-refractivity contribution in [2.24, 2.45) is 0 Å². The average Bonchev–Trinajstić information content (AvgIpc) is 2.45. The van der Waals surface area contributed by atoms with E-state index >= 15 is 0 Å². The molecule has 0 saturated carbocycles. The van der Waals surface area contributed by atoms with Gasteiger partial charge in [0, 0.05) is 16.6 Å². The summed E-state index contributed by atoms with van der Waals surface area (Å²) in [7, 11) is 3.37. The quantitative estimate of drug-likeness (QED) is 0.865. The molecule has 0 amide bonds. The number of likely N-dealkylation sites (N-methyl/N-ethyl adjacent to an activating group) is 1.